The summed E-state index contributed by atoms with van der Waals surface area (Å²) >= 11 is 0. The van der Waals surface area contributed by atoms with Crippen LogP contribution >= 0.6 is 0 Å². The second kappa shape index (κ2) is 7.41. The van der Waals surface area contributed by atoms with Gasteiger partial charge in [-0.25, -0.2) is 9.50 Å². The SMILES string of the molecule is NC(COc1ccc2ncc(-c3cc4ccccc4o3)n2n1)Cc1ccccc1. The van der Waals surface area contributed by atoms with Gasteiger partial charge >= 0.3 is 0 Å². The van der Waals surface area contributed by atoms with Gasteiger partial charge in [0.05, 0.1) is 6.20 Å². The van der Waals surface area contributed by atoms with Crippen molar-refractivity contribution < 1.29 is 9.15 Å². The number of hydrogen-bond donors (Lipinski definition) is 1. The molecule has 1 atom stereocenters. The van der Waals surface area contributed by atoms with Crippen LogP contribution < -0.4 is 10.5 Å². The molecule has 0 spiro atoms. The van der Waals surface area contributed by atoms with Crippen molar-refractivity contribution in [1.29, 1.82) is 0 Å². The third kappa shape index (κ3) is 3.58. The van der Waals surface area contributed by atoms with Gasteiger partial charge in [0, 0.05) is 17.5 Å². The fourth-order valence-electron chi connectivity index (χ4n) is 3.38. The number of aromatic nitrogens is 3. The Morgan fingerprint density at radius 1 is 1.00 bits per heavy atom. The van der Waals surface area contributed by atoms with Crippen LogP contribution in [0.15, 0.2) is 83.4 Å². The lowest BCUT2D eigenvalue weighted by molar-refractivity contribution is 0.273. The average Bonchev–Trinajstić information content (AvgIpc) is 3.36. The molecule has 3 heterocycles. The number of nitrogens with two attached hydrogens (primary N) is 1. The topological polar surface area (TPSA) is 78.6 Å². The number of rotatable bonds is 6. The number of hydrogen-bond acceptors (Lipinski definition) is 5. The van der Waals surface area contributed by atoms with Gasteiger partial charge in [0.15, 0.2) is 11.4 Å². The lowest BCUT2D eigenvalue weighted by Crippen LogP contribution is -2.30. The van der Waals surface area contributed by atoms with Gasteiger partial charge in [-0.15, -0.1) is 5.10 Å². The Labute approximate surface area is 167 Å². The van der Waals surface area contributed by atoms with Crippen molar-refractivity contribution in [2.45, 2.75) is 12.5 Å². The molecule has 5 rings (SSSR count). The summed E-state index contributed by atoms with van der Waals surface area (Å²) < 4.78 is 13.5. The lowest BCUT2D eigenvalue weighted by atomic mass is 10.1. The van der Waals surface area contributed by atoms with Crippen LogP contribution in [0.3, 0.4) is 0 Å². The first-order valence-corrected chi connectivity index (χ1v) is 9.52. The normalized spacial score (nSPS) is 12.4. The predicted octanol–water partition coefficient (Wildman–Crippen LogP) is 4.09. The van der Waals surface area contributed by atoms with E-state index in [1.54, 1.807) is 16.8 Å². The Hall–Kier alpha value is -3.64. The van der Waals surface area contributed by atoms with Crippen molar-refractivity contribution in [3.8, 4) is 17.3 Å². The quantitative estimate of drug-likeness (QED) is 0.477. The minimum atomic E-state index is -0.118. The van der Waals surface area contributed by atoms with E-state index in [4.69, 9.17) is 14.9 Å². The molecule has 2 aromatic carbocycles. The molecule has 0 aliphatic rings. The Morgan fingerprint density at radius 3 is 2.69 bits per heavy atom. The van der Waals surface area contributed by atoms with E-state index in [0.29, 0.717) is 18.2 Å². The van der Waals surface area contributed by atoms with Crippen LogP contribution in [-0.4, -0.2) is 27.2 Å². The second-order valence-corrected chi connectivity index (χ2v) is 6.99. The van der Waals surface area contributed by atoms with Gasteiger partial charge in [0.1, 0.15) is 17.9 Å². The molecule has 1 unspecified atom stereocenters. The summed E-state index contributed by atoms with van der Waals surface area (Å²) in [7, 11) is 0. The molecule has 5 aromatic rings. The first-order chi connectivity index (χ1) is 14.3. The molecule has 6 heteroatoms. The van der Waals surface area contributed by atoms with Crippen LogP contribution in [0.2, 0.25) is 0 Å². The average molecular weight is 384 g/mol. The maximum Gasteiger partial charge on any atom is 0.231 e. The van der Waals surface area contributed by atoms with Crippen LogP contribution in [0.4, 0.5) is 0 Å². The van der Waals surface area contributed by atoms with E-state index in [9.17, 15) is 0 Å². The largest absolute Gasteiger partial charge is 0.475 e. The number of imidazole rings is 1. The third-order valence-corrected chi connectivity index (χ3v) is 4.80. The summed E-state index contributed by atoms with van der Waals surface area (Å²) in [5, 5.41) is 5.62. The zero-order chi connectivity index (χ0) is 19.6. The summed E-state index contributed by atoms with van der Waals surface area (Å²) in [5.41, 5.74) is 9.74. The smallest absolute Gasteiger partial charge is 0.231 e. The molecule has 0 radical (unpaired) electrons. The molecule has 0 aliphatic carbocycles. The number of fused-ring (bicyclic) bond motifs is 2. The zero-order valence-corrected chi connectivity index (χ0v) is 15.7. The molecule has 3 aromatic heterocycles. The number of ether oxygens (including phenoxy) is 1. The molecule has 0 fully saturated rings. The van der Waals surface area contributed by atoms with Gasteiger partial charge in [0.25, 0.3) is 0 Å². The fourth-order valence-corrected chi connectivity index (χ4v) is 3.38. The van der Waals surface area contributed by atoms with E-state index in [0.717, 1.165) is 28.7 Å². The fraction of sp³-hybridized carbons (Fsp3) is 0.130. The number of para-hydroxylation sites is 1. The molecule has 6 nitrogen and oxygen atoms in total. The highest BCUT2D eigenvalue weighted by atomic mass is 16.5. The van der Waals surface area contributed by atoms with Crippen LogP contribution in [-0.2, 0) is 6.42 Å². The van der Waals surface area contributed by atoms with Crippen molar-refractivity contribution in [3.05, 3.63) is 84.6 Å². The molecule has 144 valence electrons. The Balaban J connectivity index is 1.36. The zero-order valence-electron chi connectivity index (χ0n) is 15.7. The van der Waals surface area contributed by atoms with Gasteiger partial charge in [0.2, 0.25) is 5.88 Å². The molecule has 0 aliphatic heterocycles. The van der Waals surface area contributed by atoms with Crippen LogP contribution in [0.25, 0.3) is 28.1 Å². The van der Waals surface area contributed by atoms with Gasteiger partial charge in [-0.2, -0.15) is 0 Å². The van der Waals surface area contributed by atoms with Crippen molar-refractivity contribution >= 4 is 16.6 Å². The van der Waals surface area contributed by atoms with Crippen LogP contribution in [0, 0.1) is 0 Å². The van der Waals surface area contributed by atoms with Crippen molar-refractivity contribution in [1.82, 2.24) is 14.6 Å². The van der Waals surface area contributed by atoms with Gasteiger partial charge in [-0.05, 0) is 30.2 Å². The standard InChI is InChI=1S/C23H20N4O2/c24-18(12-16-6-2-1-3-7-16)15-28-23-11-10-22-25-14-19(27(22)26-23)21-13-17-8-4-5-9-20(17)29-21/h1-11,13-14,18H,12,15,24H2. The van der Waals surface area contributed by atoms with Crippen LogP contribution in [0.1, 0.15) is 5.56 Å². The Bertz CT molecular complexity index is 1230. The second-order valence-electron chi connectivity index (χ2n) is 6.99. The summed E-state index contributed by atoms with van der Waals surface area (Å²) in [6.07, 6.45) is 2.50. The molecule has 0 saturated carbocycles. The molecule has 29 heavy (non-hydrogen) atoms. The highest BCUT2D eigenvalue weighted by molar-refractivity contribution is 5.82. The van der Waals surface area contributed by atoms with Gasteiger partial charge in [-0.1, -0.05) is 48.5 Å². The highest BCUT2D eigenvalue weighted by Crippen LogP contribution is 2.28. The molecule has 0 amide bonds. The molecule has 2 N–H and O–H groups in total. The predicted molar refractivity (Wildman–Crippen MR) is 112 cm³/mol. The van der Waals surface area contributed by atoms with E-state index in [2.05, 4.69) is 22.2 Å². The summed E-state index contributed by atoms with van der Waals surface area (Å²) in [6, 6.07) is 23.6. The maximum atomic E-state index is 6.22. The number of nitrogens with zero attached hydrogens (tertiary/aromatic N) is 3. The minimum Gasteiger partial charge on any atom is -0.475 e. The van der Waals surface area contributed by atoms with Crippen molar-refractivity contribution in [3.63, 3.8) is 0 Å². The third-order valence-electron chi connectivity index (χ3n) is 4.80. The Kier molecular flexibility index (Phi) is 4.46. The molecule has 0 bridgehead atoms. The first kappa shape index (κ1) is 17.5. The molecular weight excluding hydrogens is 364 g/mol. The monoisotopic (exact) mass is 384 g/mol. The van der Waals surface area contributed by atoms with E-state index in [1.165, 1.54) is 5.56 Å². The number of furan rings is 1. The lowest BCUT2D eigenvalue weighted by Gasteiger charge is -2.13. The molecule has 0 saturated heterocycles. The number of benzene rings is 2. The minimum absolute atomic E-state index is 0.118. The van der Waals surface area contributed by atoms with Gasteiger partial charge < -0.3 is 14.9 Å². The summed E-state index contributed by atoms with van der Waals surface area (Å²) in [4.78, 5) is 4.42. The summed E-state index contributed by atoms with van der Waals surface area (Å²) in [5.74, 6) is 1.21. The molecular formula is C23H20N4O2. The highest BCUT2D eigenvalue weighted by Gasteiger charge is 2.13. The van der Waals surface area contributed by atoms with E-state index < -0.39 is 0 Å². The van der Waals surface area contributed by atoms with E-state index >= 15 is 0 Å². The van der Waals surface area contributed by atoms with Crippen molar-refractivity contribution in [2.24, 2.45) is 5.73 Å². The van der Waals surface area contributed by atoms with E-state index in [1.807, 2.05) is 54.6 Å². The maximum absolute atomic E-state index is 6.22. The van der Waals surface area contributed by atoms with Gasteiger partial charge in [-0.3, -0.25) is 0 Å². The Morgan fingerprint density at radius 2 is 1.83 bits per heavy atom. The van der Waals surface area contributed by atoms with Crippen molar-refractivity contribution in [2.75, 3.05) is 6.61 Å². The first-order valence-electron chi connectivity index (χ1n) is 9.52. The van der Waals surface area contributed by atoms with E-state index in [-0.39, 0.29) is 6.04 Å². The van der Waals surface area contributed by atoms with Crippen LogP contribution in [0.5, 0.6) is 5.88 Å². The summed E-state index contributed by atoms with van der Waals surface area (Å²) in [6.45, 7) is 0.377.